The fraction of sp³-hybridized carbons (Fsp3) is 0.538. The van der Waals surface area contributed by atoms with Crippen LogP contribution in [0, 0.1) is 5.92 Å². The second-order valence-electron chi connectivity index (χ2n) is 4.03. The first kappa shape index (κ1) is 11.8. The zero-order valence-electron chi connectivity index (χ0n) is 9.26. The highest BCUT2D eigenvalue weighted by Gasteiger charge is 2.08. The van der Waals surface area contributed by atoms with E-state index in [1.165, 1.54) is 11.1 Å². The molecule has 2 unspecified atom stereocenters. The van der Waals surface area contributed by atoms with Crippen LogP contribution >= 0.6 is 15.9 Å². The summed E-state index contributed by atoms with van der Waals surface area (Å²) >= 11 is 3.63. The first-order valence-electron chi connectivity index (χ1n) is 5.35. The van der Waals surface area contributed by atoms with Gasteiger partial charge in [0.2, 0.25) is 0 Å². The van der Waals surface area contributed by atoms with Gasteiger partial charge in [-0.2, -0.15) is 0 Å². The Labute approximate surface area is 95.9 Å². The topological polar surface area (TPSA) is 0 Å². The van der Waals surface area contributed by atoms with Crippen molar-refractivity contribution in [2.24, 2.45) is 5.92 Å². The number of halogens is 1. The molecule has 1 rings (SSSR count). The van der Waals surface area contributed by atoms with Crippen molar-refractivity contribution in [3.8, 4) is 0 Å². The molecule has 0 saturated heterocycles. The van der Waals surface area contributed by atoms with Gasteiger partial charge in [-0.15, -0.1) is 0 Å². The van der Waals surface area contributed by atoms with Crippen molar-refractivity contribution in [3.63, 3.8) is 0 Å². The molecule has 0 aliphatic heterocycles. The maximum atomic E-state index is 3.63. The SMILES string of the molecule is CCc1ccc(CC(C)C(C)Br)cc1. The summed E-state index contributed by atoms with van der Waals surface area (Å²) in [6.45, 7) is 6.69. The molecule has 1 aromatic carbocycles. The monoisotopic (exact) mass is 254 g/mol. The number of hydrogen-bond donors (Lipinski definition) is 0. The molecule has 0 heterocycles. The van der Waals surface area contributed by atoms with Gasteiger partial charge in [0, 0.05) is 4.83 Å². The van der Waals surface area contributed by atoms with Gasteiger partial charge in [0.15, 0.2) is 0 Å². The minimum atomic E-state index is 0.591. The fourth-order valence-corrected chi connectivity index (χ4v) is 1.63. The highest BCUT2D eigenvalue weighted by Crippen LogP contribution is 2.17. The summed E-state index contributed by atoms with van der Waals surface area (Å²) in [5, 5.41) is 0. The second-order valence-corrected chi connectivity index (χ2v) is 5.47. The summed E-state index contributed by atoms with van der Waals surface area (Å²) in [4.78, 5) is 0.591. The van der Waals surface area contributed by atoms with Gasteiger partial charge in [0.1, 0.15) is 0 Å². The Morgan fingerprint density at radius 2 is 1.57 bits per heavy atom. The van der Waals surface area contributed by atoms with Crippen LogP contribution in [0.4, 0.5) is 0 Å². The van der Waals surface area contributed by atoms with Crippen LogP contribution in [0.2, 0.25) is 0 Å². The normalized spacial score (nSPS) is 15.1. The van der Waals surface area contributed by atoms with Crippen molar-refractivity contribution in [1.82, 2.24) is 0 Å². The van der Waals surface area contributed by atoms with E-state index >= 15 is 0 Å². The number of aryl methyl sites for hydroxylation is 1. The third kappa shape index (κ3) is 3.45. The van der Waals surface area contributed by atoms with Crippen molar-refractivity contribution in [2.45, 2.75) is 38.4 Å². The van der Waals surface area contributed by atoms with Crippen molar-refractivity contribution >= 4 is 15.9 Å². The summed E-state index contributed by atoms with van der Waals surface area (Å²) in [7, 11) is 0. The molecule has 0 aromatic heterocycles. The van der Waals surface area contributed by atoms with E-state index < -0.39 is 0 Å². The number of alkyl halides is 1. The Hall–Kier alpha value is -0.300. The van der Waals surface area contributed by atoms with Crippen molar-refractivity contribution in [1.29, 1.82) is 0 Å². The summed E-state index contributed by atoms with van der Waals surface area (Å²) in [5.74, 6) is 0.697. The molecular formula is C13H19Br. The average Bonchev–Trinajstić information content (AvgIpc) is 2.19. The highest BCUT2D eigenvalue weighted by atomic mass is 79.9. The molecule has 0 saturated carbocycles. The predicted molar refractivity (Wildman–Crippen MR) is 67.1 cm³/mol. The number of benzene rings is 1. The quantitative estimate of drug-likeness (QED) is 0.707. The smallest absolute Gasteiger partial charge is 0.0146 e. The molecular weight excluding hydrogens is 236 g/mol. The lowest BCUT2D eigenvalue weighted by atomic mass is 9.98. The molecule has 0 aliphatic carbocycles. The molecule has 0 nitrogen and oxygen atoms in total. The van der Waals surface area contributed by atoms with Gasteiger partial charge < -0.3 is 0 Å². The lowest BCUT2D eigenvalue weighted by molar-refractivity contribution is 0.581. The number of rotatable bonds is 4. The van der Waals surface area contributed by atoms with E-state index in [4.69, 9.17) is 0 Å². The van der Waals surface area contributed by atoms with Crippen LogP contribution in [0.5, 0.6) is 0 Å². The summed E-state index contributed by atoms with van der Waals surface area (Å²) in [6.07, 6.45) is 2.29. The standard InChI is InChI=1S/C13H19Br/c1-4-12-5-7-13(8-6-12)9-10(2)11(3)14/h5-8,10-11H,4,9H2,1-3H3. The van der Waals surface area contributed by atoms with Crippen LogP contribution in [0.15, 0.2) is 24.3 Å². The Morgan fingerprint density at radius 3 is 2.00 bits per heavy atom. The first-order valence-corrected chi connectivity index (χ1v) is 6.27. The van der Waals surface area contributed by atoms with Gasteiger partial charge in [-0.1, -0.05) is 61.0 Å². The van der Waals surface area contributed by atoms with Gasteiger partial charge in [-0.3, -0.25) is 0 Å². The molecule has 0 bridgehead atoms. The molecule has 0 aliphatic rings. The average molecular weight is 255 g/mol. The third-order valence-electron chi connectivity index (χ3n) is 2.77. The minimum absolute atomic E-state index is 0.591. The van der Waals surface area contributed by atoms with Crippen LogP contribution < -0.4 is 0 Å². The Bertz CT molecular complexity index is 261. The minimum Gasteiger partial charge on any atom is -0.0891 e. The third-order valence-corrected chi connectivity index (χ3v) is 3.68. The second kappa shape index (κ2) is 5.55. The molecule has 1 heteroatoms. The van der Waals surface area contributed by atoms with Crippen LogP contribution in [0.25, 0.3) is 0 Å². The number of hydrogen-bond acceptors (Lipinski definition) is 0. The summed E-state index contributed by atoms with van der Waals surface area (Å²) in [6, 6.07) is 8.98. The van der Waals surface area contributed by atoms with E-state index in [1.54, 1.807) is 0 Å². The van der Waals surface area contributed by atoms with Gasteiger partial charge in [-0.25, -0.2) is 0 Å². The Kier molecular flexibility index (Phi) is 4.67. The molecule has 78 valence electrons. The zero-order valence-corrected chi connectivity index (χ0v) is 10.8. The van der Waals surface area contributed by atoms with E-state index in [1.807, 2.05) is 0 Å². The van der Waals surface area contributed by atoms with E-state index in [0.29, 0.717) is 10.7 Å². The zero-order chi connectivity index (χ0) is 10.6. The fourth-order valence-electron chi connectivity index (χ4n) is 1.45. The summed E-state index contributed by atoms with van der Waals surface area (Å²) < 4.78 is 0. The van der Waals surface area contributed by atoms with Crippen molar-refractivity contribution in [2.75, 3.05) is 0 Å². The van der Waals surface area contributed by atoms with Crippen molar-refractivity contribution in [3.05, 3.63) is 35.4 Å². The van der Waals surface area contributed by atoms with Gasteiger partial charge in [0.25, 0.3) is 0 Å². The molecule has 0 N–H and O–H groups in total. The predicted octanol–water partition coefficient (Wildman–Crippen LogP) is 4.21. The van der Waals surface area contributed by atoms with E-state index in [9.17, 15) is 0 Å². The highest BCUT2D eigenvalue weighted by molar-refractivity contribution is 9.09. The first-order chi connectivity index (χ1) is 6.63. The Balaban J connectivity index is 2.59. The molecule has 0 radical (unpaired) electrons. The molecule has 0 amide bonds. The molecule has 14 heavy (non-hydrogen) atoms. The van der Waals surface area contributed by atoms with Crippen LogP contribution in [0.1, 0.15) is 31.9 Å². The largest absolute Gasteiger partial charge is 0.0891 e. The van der Waals surface area contributed by atoms with Gasteiger partial charge in [0.05, 0.1) is 0 Å². The van der Waals surface area contributed by atoms with Gasteiger partial charge in [-0.05, 0) is 29.9 Å². The lowest BCUT2D eigenvalue weighted by Gasteiger charge is -2.13. The van der Waals surface area contributed by atoms with Crippen LogP contribution in [-0.2, 0) is 12.8 Å². The molecule has 1 aromatic rings. The lowest BCUT2D eigenvalue weighted by Crippen LogP contribution is -2.09. The molecule has 0 fully saturated rings. The van der Waals surface area contributed by atoms with E-state index in [2.05, 4.69) is 61.0 Å². The van der Waals surface area contributed by atoms with E-state index in [-0.39, 0.29) is 0 Å². The van der Waals surface area contributed by atoms with Gasteiger partial charge >= 0.3 is 0 Å². The summed E-state index contributed by atoms with van der Waals surface area (Å²) in [5.41, 5.74) is 2.87. The maximum absolute atomic E-state index is 3.63. The maximum Gasteiger partial charge on any atom is 0.0146 e. The Morgan fingerprint density at radius 1 is 1.07 bits per heavy atom. The van der Waals surface area contributed by atoms with Crippen LogP contribution in [-0.4, -0.2) is 4.83 Å². The van der Waals surface area contributed by atoms with Crippen LogP contribution in [0.3, 0.4) is 0 Å². The van der Waals surface area contributed by atoms with E-state index in [0.717, 1.165) is 12.8 Å². The molecule has 2 atom stereocenters. The van der Waals surface area contributed by atoms with Crippen molar-refractivity contribution < 1.29 is 0 Å². The molecule has 0 spiro atoms.